The molecule has 0 saturated carbocycles. The summed E-state index contributed by atoms with van der Waals surface area (Å²) in [7, 11) is 3.62. The van der Waals surface area contributed by atoms with Crippen molar-refractivity contribution in [1.29, 1.82) is 0 Å². The third-order valence-electron chi connectivity index (χ3n) is 3.45. The molecule has 1 amide bonds. The molecule has 0 saturated heterocycles. The van der Waals surface area contributed by atoms with Gasteiger partial charge in [-0.25, -0.2) is 0 Å². The van der Waals surface area contributed by atoms with Gasteiger partial charge in [0.1, 0.15) is 0 Å². The molecule has 1 aromatic carbocycles. The Balaban J connectivity index is 2.31. The van der Waals surface area contributed by atoms with Crippen LogP contribution in [0.4, 0.5) is 0 Å². The van der Waals surface area contributed by atoms with Crippen LogP contribution in [0.3, 0.4) is 0 Å². The van der Waals surface area contributed by atoms with E-state index in [0.29, 0.717) is 19.1 Å². The summed E-state index contributed by atoms with van der Waals surface area (Å²) in [6.07, 6.45) is 4.82. The zero-order valence-corrected chi connectivity index (χ0v) is 13.6. The van der Waals surface area contributed by atoms with E-state index < -0.39 is 0 Å². The topological polar surface area (TPSA) is 29.5 Å². The first-order chi connectivity index (χ1) is 10.0. The minimum Gasteiger partial charge on any atom is -0.373 e. The van der Waals surface area contributed by atoms with Crippen molar-refractivity contribution in [2.75, 3.05) is 20.7 Å². The molecule has 1 atom stereocenters. The molecule has 3 heteroatoms. The highest BCUT2D eigenvalue weighted by Gasteiger charge is 2.21. The Morgan fingerprint density at radius 2 is 1.86 bits per heavy atom. The van der Waals surface area contributed by atoms with Crippen LogP contribution in [-0.2, 0) is 16.1 Å². The molecule has 0 spiro atoms. The molecule has 0 heterocycles. The fourth-order valence-electron chi connectivity index (χ4n) is 2.12. The van der Waals surface area contributed by atoms with Gasteiger partial charge in [0.25, 0.3) is 0 Å². The van der Waals surface area contributed by atoms with E-state index in [-0.39, 0.29) is 11.8 Å². The van der Waals surface area contributed by atoms with Crippen molar-refractivity contribution >= 4 is 5.91 Å². The zero-order valence-electron chi connectivity index (χ0n) is 13.6. The fraction of sp³-hybridized carbons (Fsp3) is 0.500. The quantitative estimate of drug-likeness (QED) is 0.541. The van der Waals surface area contributed by atoms with Crippen molar-refractivity contribution in [3.63, 3.8) is 0 Å². The van der Waals surface area contributed by atoms with Crippen molar-refractivity contribution < 1.29 is 9.53 Å². The standard InChI is InChI=1S/C18H27NO2/c1-15(2)17(18(20)19(3)4)12-8-9-13-21-14-16-10-6-5-7-11-16/h5-11,15,17H,12-14H2,1-4H3/b9-8+/t17-/m0/s1. The van der Waals surface area contributed by atoms with E-state index in [1.165, 1.54) is 5.56 Å². The first-order valence-corrected chi connectivity index (χ1v) is 7.50. The van der Waals surface area contributed by atoms with Crippen molar-refractivity contribution in [3.8, 4) is 0 Å². The molecule has 0 bridgehead atoms. The minimum absolute atomic E-state index is 0.0466. The molecular weight excluding hydrogens is 262 g/mol. The zero-order chi connectivity index (χ0) is 15.7. The van der Waals surface area contributed by atoms with E-state index in [1.807, 2.05) is 50.5 Å². The first kappa shape index (κ1) is 17.4. The lowest BCUT2D eigenvalue weighted by molar-refractivity contribution is -0.134. The Bertz CT molecular complexity index is 438. The SMILES string of the molecule is CC(C)[C@H](C/C=C/COCc1ccccc1)C(=O)N(C)C. The lowest BCUT2D eigenvalue weighted by atomic mass is 9.91. The van der Waals surface area contributed by atoms with Gasteiger partial charge in [0, 0.05) is 20.0 Å². The molecule has 3 nitrogen and oxygen atoms in total. The smallest absolute Gasteiger partial charge is 0.225 e. The van der Waals surface area contributed by atoms with Gasteiger partial charge in [-0.3, -0.25) is 4.79 Å². The van der Waals surface area contributed by atoms with Crippen LogP contribution in [-0.4, -0.2) is 31.5 Å². The molecule has 0 radical (unpaired) electrons. The maximum absolute atomic E-state index is 12.1. The van der Waals surface area contributed by atoms with Gasteiger partial charge in [-0.05, 0) is 17.9 Å². The highest BCUT2D eigenvalue weighted by atomic mass is 16.5. The molecule has 116 valence electrons. The molecule has 0 unspecified atom stereocenters. The van der Waals surface area contributed by atoms with E-state index >= 15 is 0 Å². The normalized spacial score (nSPS) is 12.8. The molecule has 0 aliphatic carbocycles. The van der Waals surface area contributed by atoms with E-state index in [4.69, 9.17) is 4.74 Å². The number of carbonyl (C=O) groups is 1. The summed E-state index contributed by atoms with van der Waals surface area (Å²) < 4.78 is 5.59. The van der Waals surface area contributed by atoms with Gasteiger partial charge in [-0.2, -0.15) is 0 Å². The van der Waals surface area contributed by atoms with Gasteiger partial charge in [-0.15, -0.1) is 0 Å². The lowest BCUT2D eigenvalue weighted by Crippen LogP contribution is -2.32. The van der Waals surface area contributed by atoms with Gasteiger partial charge >= 0.3 is 0 Å². The lowest BCUT2D eigenvalue weighted by Gasteiger charge is -2.22. The monoisotopic (exact) mass is 289 g/mol. The summed E-state index contributed by atoms with van der Waals surface area (Å²) in [5.74, 6) is 0.583. The Hall–Kier alpha value is -1.61. The van der Waals surface area contributed by atoms with Gasteiger partial charge in [0.2, 0.25) is 5.91 Å². The number of rotatable bonds is 8. The summed E-state index contributed by atoms with van der Waals surface area (Å²) >= 11 is 0. The van der Waals surface area contributed by atoms with Gasteiger partial charge in [0.05, 0.1) is 13.2 Å². The van der Waals surface area contributed by atoms with Crippen LogP contribution in [0.15, 0.2) is 42.5 Å². The van der Waals surface area contributed by atoms with Crippen molar-refractivity contribution in [1.82, 2.24) is 4.90 Å². The number of carbonyl (C=O) groups excluding carboxylic acids is 1. The summed E-state index contributed by atoms with van der Waals surface area (Å²) in [4.78, 5) is 13.7. The van der Waals surface area contributed by atoms with Crippen LogP contribution >= 0.6 is 0 Å². The largest absolute Gasteiger partial charge is 0.373 e. The van der Waals surface area contributed by atoms with Crippen molar-refractivity contribution in [3.05, 3.63) is 48.0 Å². The van der Waals surface area contributed by atoms with Crippen molar-refractivity contribution in [2.24, 2.45) is 11.8 Å². The second-order valence-corrected chi connectivity index (χ2v) is 5.79. The Labute approximate surface area is 128 Å². The Morgan fingerprint density at radius 3 is 2.43 bits per heavy atom. The number of ether oxygens (including phenoxy) is 1. The minimum atomic E-state index is 0.0466. The summed E-state index contributed by atoms with van der Waals surface area (Å²) in [6.45, 7) is 5.38. The number of hydrogen-bond donors (Lipinski definition) is 0. The van der Waals surface area contributed by atoms with Gasteiger partial charge < -0.3 is 9.64 Å². The maximum atomic E-state index is 12.1. The van der Waals surface area contributed by atoms with Crippen LogP contribution in [0, 0.1) is 11.8 Å². The van der Waals surface area contributed by atoms with Crippen LogP contribution in [0.5, 0.6) is 0 Å². The predicted molar refractivity (Wildman–Crippen MR) is 86.9 cm³/mol. The third-order valence-corrected chi connectivity index (χ3v) is 3.45. The molecule has 1 aromatic rings. The fourth-order valence-corrected chi connectivity index (χ4v) is 2.12. The predicted octanol–water partition coefficient (Wildman–Crippen LogP) is 3.51. The van der Waals surface area contributed by atoms with E-state index in [0.717, 1.165) is 6.42 Å². The second-order valence-electron chi connectivity index (χ2n) is 5.79. The number of amides is 1. The number of nitrogens with zero attached hydrogens (tertiary/aromatic N) is 1. The third kappa shape index (κ3) is 6.58. The van der Waals surface area contributed by atoms with Crippen LogP contribution < -0.4 is 0 Å². The summed E-state index contributed by atoms with van der Waals surface area (Å²) in [5.41, 5.74) is 1.17. The van der Waals surface area contributed by atoms with E-state index in [1.54, 1.807) is 4.90 Å². The number of allylic oxidation sites excluding steroid dienone is 1. The van der Waals surface area contributed by atoms with Crippen LogP contribution in [0.25, 0.3) is 0 Å². The first-order valence-electron chi connectivity index (χ1n) is 7.50. The molecular formula is C18H27NO2. The number of benzene rings is 1. The van der Waals surface area contributed by atoms with Gasteiger partial charge in [0.15, 0.2) is 0 Å². The number of hydrogen-bond acceptors (Lipinski definition) is 2. The Morgan fingerprint density at radius 1 is 1.19 bits per heavy atom. The molecule has 21 heavy (non-hydrogen) atoms. The second kappa shape index (κ2) is 9.35. The van der Waals surface area contributed by atoms with Crippen LogP contribution in [0.1, 0.15) is 25.8 Å². The highest BCUT2D eigenvalue weighted by Crippen LogP contribution is 2.18. The molecule has 0 aliphatic rings. The van der Waals surface area contributed by atoms with E-state index in [9.17, 15) is 4.79 Å². The highest BCUT2D eigenvalue weighted by molar-refractivity contribution is 5.78. The molecule has 0 aromatic heterocycles. The van der Waals surface area contributed by atoms with Gasteiger partial charge in [-0.1, -0.05) is 56.3 Å². The average molecular weight is 289 g/mol. The van der Waals surface area contributed by atoms with Crippen molar-refractivity contribution in [2.45, 2.75) is 26.9 Å². The molecule has 0 fully saturated rings. The van der Waals surface area contributed by atoms with E-state index in [2.05, 4.69) is 19.9 Å². The summed E-state index contributed by atoms with van der Waals surface area (Å²) in [5, 5.41) is 0. The average Bonchev–Trinajstić information content (AvgIpc) is 2.46. The van der Waals surface area contributed by atoms with Crippen LogP contribution in [0.2, 0.25) is 0 Å². The molecule has 1 rings (SSSR count). The summed E-state index contributed by atoms with van der Waals surface area (Å²) in [6, 6.07) is 10.1. The molecule has 0 N–H and O–H groups in total. The Kier molecular flexibility index (Phi) is 7.76. The molecule has 0 aliphatic heterocycles. The maximum Gasteiger partial charge on any atom is 0.225 e.